The predicted octanol–water partition coefficient (Wildman–Crippen LogP) is 1.91. The van der Waals surface area contributed by atoms with E-state index in [4.69, 9.17) is 0 Å². The Balaban J connectivity index is 2.08. The van der Waals surface area contributed by atoms with E-state index in [2.05, 4.69) is 10.3 Å². The lowest BCUT2D eigenvalue weighted by Gasteiger charge is -2.13. The SMILES string of the molecule is C[C@H](NC(=O)c1cccn1C)c1ccccn1. The molecular formula is C13H15N3O. The van der Waals surface area contributed by atoms with Crippen LogP contribution in [0, 0.1) is 0 Å². The van der Waals surface area contributed by atoms with Gasteiger partial charge in [0.1, 0.15) is 5.69 Å². The van der Waals surface area contributed by atoms with Crippen molar-refractivity contribution in [1.82, 2.24) is 14.9 Å². The van der Waals surface area contributed by atoms with E-state index in [1.54, 1.807) is 16.8 Å². The average molecular weight is 229 g/mol. The maximum absolute atomic E-state index is 12.0. The van der Waals surface area contributed by atoms with Gasteiger partial charge in [0.25, 0.3) is 5.91 Å². The molecule has 0 aliphatic carbocycles. The van der Waals surface area contributed by atoms with Crippen LogP contribution in [0.5, 0.6) is 0 Å². The standard InChI is InChI=1S/C13H15N3O/c1-10(11-6-3-4-8-14-11)15-13(17)12-7-5-9-16(12)2/h3-10H,1-2H3,(H,15,17)/t10-/m0/s1. The van der Waals surface area contributed by atoms with Crippen LogP contribution in [0.4, 0.5) is 0 Å². The Morgan fingerprint density at radius 3 is 2.76 bits per heavy atom. The van der Waals surface area contributed by atoms with Crippen molar-refractivity contribution in [2.75, 3.05) is 0 Å². The Bertz CT molecular complexity index is 504. The summed E-state index contributed by atoms with van der Waals surface area (Å²) in [6.45, 7) is 1.92. The molecule has 88 valence electrons. The van der Waals surface area contributed by atoms with Gasteiger partial charge in [-0.3, -0.25) is 9.78 Å². The Morgan fingerprint density at radius 2 is 2.18 bits per heavy atom. The number of carbonyl (C=O) groups excluding carboxylic acids is 1. The van der Waals surface area contributed by atoms with Crippen molar-refractivity contribution >= 4 is 5.91 Å². The summed E-state index contributed by atoms with van der Waals surface area (Å²) in [5, 5.41) is 2.92. The highest BCUT2D eigenvalue weighted by molar-refractivity contribution is 5.92. The second-order valence-corrected chi connectivity index (χ2v) is 3.95. The fourth-order valence-electron chi connectivity index (χ4n) is 1.67. The van der Waals surface area contributed by atoms with Crippen LogP contribution < -0.4 is 5.32 Å². The molecule has 2 aromatic heterocycles. The first-order chi connectivity index (χ1) is 8.18. The summed E-state index contributed by atoms with van der Waals surface area (Å²) in [5.74, 6) is -0.0874. The molecule has 0 aromatic carbocycles. The number of nitrogens with zero attached hydrogens (tertiary/aromatic N) is 2. The van der Waals surface area contributed by atoms with Crippen LogP contribution in [0.25, 0.3) is 0 Å². The quantitative estimate of drug-likeness (QED) is 0.874. The summed E-state index contributed by atoms with van der Waals surface area (Å²) in [6, 6.07) is 9.21. The highest BCUT2D eigenvalue weighted by Crippen LogP contribution is 2.09. The summed E-state index contributed by atoms with van der Waals surface area (Å²) in [5.41, 5.74) is 1.50. The maximum atomic E-state index is 12.0. The Labute approximate surface area is 100 Å². The van der Waals surface area contributed by atoms with Gasteiger partial charge in [-0.15, -0.1) is 0 Å². The summed E-state index contributed by atoms with van der Waals surface area (Å²) in [4.78, 5) is 16.2. The molecule has 2 rings (SSSR count). The first kappa shape index (κ1) is 11.4. The molecule has 0 bridgehead atoms. The second-order valence-electron chi connectivity index (χ2n) is 3.95. The van der Waals surface area contributed by atoms with Crippen LogP contribution in [0.3, 0.4) is 0 Å². The van der Waals surface area contributed by atoms with E-state index in [0.717, 1.165) is 5.69 Å². The largest absolute Gasteiger partial charge is 0.347 e. The molecule has 4 heteroatoms. The summed E-state index contributed by atoms with van der Waals surface area (Å²) >= 11 is 0. The van der Waals surface area contributed by atoms with Gasteiger partial charge >= 0.3 is 0 Å². The van der Waals surface area contributed by atoms with Crippen LogP contribution in [0.15, 0.2) is 42.7 Å². The molecule has 0 fully saturated rings. The number of hydrogen-bond acceptors (Lipinski definition) is 2. The van der Waals surface area contributed by atoms with Crippen LogP contribution in [0.2, 0.25) is 0 Å². The minimum absolute atomic E-state index is 0.0874. The lowest BCUT2D eigenvalue weighted by Crippen LogP contribution is -2.28. The van der Waals surface area contributed by atoms with Crippen molar-refractivity contribution in [1.29, 1.82) is 0 Å². The van der Waals surface area contributed by atoms with Crippen LogP contribution >= 0.6 is 0 Å². The normalized spacial score (nSPS) is 12.1. The van der Waals surface area contributed by atoms with Gasteiger partial charge in [0.05, 0.1) is 11.7 Å². The van der Waals surface area contributed by atoms with Crippen molar-refractivity contribution in [2.24, 2.45) is 7.05 Å². The molecule has 0 spiro atoms. The maximum Gasteiger partial charge on any atom is 0.268 e. The van der Waals surface area contributed by atoms with Crippen molar-refractivity contribution in [3.8, 4) is 0 Å². The van der Waals surface area contributed by atoms with E-state index in [-0.39, 0.29) is 11.9 Å². The van der Waals surface area contributed by atoms with Crippen molar-refractivity contribution in [2.45, 2.75) is 13.0 Å². The van der Waals surface area contributed by atoms with E-state index in [1.165, 1.54) is 0 Å². The Kier molecular flexibility index (Phi) is 3.23. The third-order valence-corrected chi connectivity index (χ3v) is 2.66. The van der Waals surface area contributed by atoms with Gasteiger partial charge in [-0.05, 0) is 31.2 Å². The lowest BCUT2D eigenvalue weighted by atomic mass is 10.2. The van der Waals surface area contributed by atoms with Crippen molar-refractivity contribution < 1.29 is 4.79 Å². The summed E-state index contributed by atoms with van der Waals surface area (Å²) in [7, 11) is 1.85. The molecule has 17 heavy (non-hydrogen) atoms. The van der Waals surface area contributed by atoms with Gasteiger partial charge in [0.2, 0.25) is 0 Å². The fraction of sp³-hybridized carbons (Fsp3) is 0.231. The minimum atomic E-state index is -0.0985. The van der Waals surface area contributed by atoms with Gasteiger partial charge in [0.15, 0.2) is 0 Å². The number of carbonyl (C=O) groups is 1. The number of hydrogen-bond donors (Lipinski definition) is 1. The third-order valence-electron chi connectivity index (χ3n) is 2.66. The number of pyridine rings is 1. The van der Waals surface area contributed by atoms with E-state index in [9.17, 15) is 4.79 Å². The molecule has 1 N–H and O–H groups in total. The topological polar surface area (TPSA) is 46.9 Å². The molecule has 0 saturated carbocycles. The third kappa shape index (κ3) is 2.53. The molecule has 0 unspecified atom stereocenters. The second kappa shape index (κ2) is 4.82. The van der Waals surface area contributed by atoms with Crippen molar-refractivity contribution in [3.63, 3.8) is 0 Å². The van der Waals surface area contributed by atoms with E-state index in [1.807, 2.05) is 44.4 Å². The van der Waals surface area contributed by atoms with Crippen LogP contribution in [-0.2, 0) is 7.05 Å². The minimum Gasteiger partial charge on any atom is -0.347 e. The highest BCUT2D eigenvalue weighted by Gasteiger charge is 2.13. The van der Waals surface area contributed by atoms with E-state index < -0.39 is 0 Å². The van der Waals surface area contributed by atoms with Gasteiger partial charge < -0.3 is 9.88 Å². The lowest BCUT2D eigenvalue weighted by molar-refractivity contribution is 0.0931. The van der Waals surface area contributed by atoms with Gasteiger partial charge in [-0.25, -0.2) is 0 Å². The first-order valence-corrected chi connectivity index (χ1v) is 5.51. The number of amides is 1. The fourth-order valence-corrected chi connectivity index (χ4v) is 1.67. The molecule has 4 nitrogen and oxygen atoms in total. The molecule has 2 aromatic rings. The molecular weight excluding hydrogens is 214 g/mol. The van der Waals surface area contributed by atoms with Crippen LogP contribution in [-0.4, -0.2) is 15.5 Å². The highest BCUT2D eigenvalue weighted by atomic mass is 16.2. The smallest absolute Gasteiger partial charge is 0.268 e. The van der Waals surface area contributed by atoms with Crippen molar-refractivity contribution in [3.05, 3.63) is 54.1 Å². The van der Waals surface area contributed by atoms with Crippen LogP contribution in [0.1, 0.15) is 29.1 Å². The molecule has 0 saturated heterocycles. The van der Waals surface area contributed by atoms with Gasteiger partial charge in [-0.2, -0.15) is 0 Å². The van der Waals surface area contributed by atoms with E-state index in [0.29, 0.717) is 5.69 Å². The van der Waals surface area contributed by atoms with Gasteiger partial charge in [0, 0.05) is 19.4 Å². The summed E-state index contributed by atoms with van der Waals surface area (Å²) < 4.78 is 1.79. The molecule has 2 heterocycles. The molecule has 0 aliphatic heterocycles. The predicted molar refractivity (Wildman–Crippen MR) is 65.5 cm³/mol. The molecule has 1 atom stereocenters. The number of nitrogens with one attached hydrogen (secondary N) is 1. The molecule has 1 amide bonds. The number of aromatic nitrogens is 2. The zero-order valence-electron chi connectivity index (χ0n) is 9.92. The Morgan fingerprint density at radius 1 is 1.35 bits per heavy atom. The molecule has 0 aliphatic rings. The molecule has 0 radical (unpaired) electrons. The Hall–Kier alpha value is -2.10. The zero-order valence-corrected chi connectivity index (χ0v) is 9.92. The summed E-state index contributed by atoms with van der Waals surface area (Å²) in [6.07, 6.45) is 3.57. The zero-order chi connectivity index (χ0) is 12.3. The number of aryl methyl sites for hydroxylation is 1. The monoisotopic (exact) mass is 229 g/mol. The van der Waals surface area contributed by atoms with E-state index >= 15 is 0 Å². The average Bonchev–Trinajstić information content (AvgIpc) is 2.76. The van der Waals surface area contributed by atoms with Gasteiger partial charge in [-0.1, -0.05) is 6.07 Å². The number of rotatable bonds is 3. The first-order valence-electron chi connectivity index (χ1n) is 5.51.